The Labute approximate surface area is 203 Å². The summed E-state index contributed by atoms with van der Waals surface area (Å²) in [5.41, 5.74) is 5.10. The molecule has 3 aromatic rings. The molecule has 1 aliphatic rings. The van der Waals surface area contributed by atoms with Crippen molar-refractivity contribution in [3.05, 3.63) is 89.5 Å². The van der Waals surface area contributed by atoms with Gasteiger partial charge in [0.1, 0.15) is 18.4 Å². The number of carbonyl (C=O) groups is 3. The smallest absolute Gasteiger partial charge is 0.407 e. The number of nitrogens with one attached hydrogen (secondary N) is 1. The van der Waals surface area contributed by atoms with Gasteiger partial charge in [0.2, 0.25) is 0 Å². The molecular formula is C28H27NO6. The van der Waals surface area contributed by atoms with Crippen molar-refractivity contribution in [2.75, 3.05) is 6.61 Å². The van der Waals surface area contributed by atoms with Crippen molar-refractivity contribution in [3.63, 3.8) is 0 Å². The molecule has 3 aromatic carbocycles. The van der Waals surface area contributed by atoms with Gasteiger partial charge >= 0.3 is 18.0 Å². The van der Waals surface area contributed by atoms with Crippen molar-refractivity contribution in [1.82, 2.24) is 5.32 Å². The van der Waals surface area contributed by atoms with Crippen LogP contribution >= 0.6 is 0 Å². The molecule has 0 bridgehead atoms. The van der Waals surface area contributed by atoms with Crippen LogP contribution in [0.5, 0.6) is 5.75 Å². The highest BCUT2D eigenvalue weighted by atomic mass is 16.6. The van der Waals surface area contributed by atoms with E-state index in [1.165, 1.54) is 0 Å². The van der Waals surface area contributed by atoms with Crippen LogP contribution in [-0.4, -0.2) is 35.8 Å². The summed E-state index contributed by atoms with van der Waals surface area (Å²) in [6, 6.07) is 21.4. The van der Waals surface area contributed by atoms with E-state index in [9.17, 15) is 19.5 Å². The summed E-state index contributed by atoms with van der Waals surface area (Å²) in [6.45, 7) is 3.97. The molecule has 0 fully saturated rings. The van der Waals surface area contributed by atoms with Gasteiger partial charge in [-0.2, -0.15) is 0 Å². The molecule has 0 spiro atoms. The monoisotopic (exact) mass is 473 g/mol. The number of para-hydroxylation sites is 1. The predicted molar refractivity (Wildman–Crippen MR) is 130 cm³/mol. The van der Waals surface area contributed by atoms with Crippen LogP contribution in [0.3, 0.4) is 0 Å². The zero-order chi connectivity index (χ0) is 24.9. The molecule has 7 heteroatoms. The zero-order valence-corrected chi connectivity index (χ0v) is 19.6. The Hall–Kier alpha value is -4.13. The van der Waals surface area contributed by atoms with Gasteiger partial charge in [0.15, 0.2) is 0 Å². The molecule has 1 atom stereocenters. The molecule has 1 amide bonds. The van der Waals surface area contributed by atoms with Gasteiger partial charge in [0.25, 0.3) is 0 Å². The van der Waals surface area contributed by atoms with Crippen molar-refractivity contribution in [2.24, 2.45) is 0 Å². The van der Waals surface area contributed by atoms with Crippen LogP contribution in [0.25, 0.3) is 11.1 Å². The molecule has 7 nitrogen and oxygen atoms in total. The lowest BCUT2D eigenvalue weighted by atomic mass is 9.98. The number of carbonyl (C=O) groups excluding carboxylic acids is 2. The quantitative estimate of drug-likeness (QED) is 0.349. The summed E-state index contributed by atoms with van der Waals surface area (Å²) in [5.74, 6) is -1.78. The number of hydrogen-bond acceptors (Lipinski definition) is 5. The van der Waals surface area contributed by atoms with Gasteiger partial charge in [-0.1, -0.05) is 80.6 Å². The minimum atomic E-state index is -1.48. The van der Waals surface area contributed by atoms with Crippen molar-refractivity contribution < 1.29 is 29.0 Å². The Kier molecular flexibility index (Phi) is 7.15. The Morgan fingerprint density at radius 3 is 2.06 bits per heavy atom. The number of ether oxygens (including phenoxy) is 2. The van der Waals surface area contributed by atoms with E-state index >= 15 is 0 Å². The number of fused-ring (bicyclic) bond motifs is 3. The first-order valence-electron chi connectivity index (χ1n) is 11.5. The van der Waals surface area contributed by atoms with Gasteiger partial charge in [-0.25, -0.2) is 9.59 Å². The number of rotatable bonds is 8. The van der Waals surface area contributed by atoms with E-state index in [1.54, 1.807) is 12.1 Å². The maximum Gasteiger partial charge on any atom is 0.407 e. The lowest BCUT2D eigenvalue weighted by Crippen LogP contribution is -2.43. The van der Waals surface area contributed by atoms with E-state index < -0.39 is 30.5 Å². The first-order chi connectivity index (χ1) is 16.8. The number of benzene rings is 3. The minimum absolute atomic E-state index is 0.0401. The molecule has 180 valence electrons. The second-order valence-corrected chi connectivity index (χ2v) is 8.73. The average molecular weight is 474 g/mol. The maximum absolute atomic E-state index is 12.5. The number of amides is 1. The summed E-state index contributed by atoms with van der Waals surface area (Å²) in [7, 11) is 0. The number of alkyl carbamates (subject to hydrolysis) is 1. The topological polar surface area (TPSA) is 102 Å². The summed E-state index contributed by atoms with van der Waals surface area (Å²) < 4.78 is 10.8. The summed E-state index contributed by atoms with van der Waals surface area (Å²) >= 11 is 0. The van der Waals surface area contributed by atoms with E-state index in [4.69, 9.17) is 9.47 Å². The van der Waals surface area contributed by atoms with Crippen LogP contribution < -0.4 is 10.1 Å². The Morgan fingerprint density at radius 2 is 1.46 bits per heavy atom. The largest absolute Gasteiger partial charge is 0.480 e. The third-order valence-corrected chi connectivity index (χ3v) is 6.07. The van der Waals surface area contributed by atoms with Crippen molar-refractivity contribution >= 4 is 18.0 Å². The van der Waals surface area contributed by atoms with Crippen LogP contribution in [-0.2, 0) is 14.3 Å². The molecule has 0 aliphatic heterocycles. The van der Waals surface area contributed by atoms with E-state index in [0.717, 1.165) is 27.8 Å². The molecule has 0 heterocycles. The molecule has 35 heavy (non-hydrogen) atoms. The SMILES string of the molecule is CC(C)c1ccccc1OC(=O)C[C@H](NC(=O)OCC1c2ccccc2-c2ccccc21)C(=O)O. The molecular weight excluding hydrogens is 446 g/mol. The van der Waals surface area contributed by atoms with Crippen LogP contribution in [0.4, 0.5) is 4.79 Å². The Morgan fingerprint density at radius 1 is 0.886 bits per heavy atom. The fourth-order valence-electron chi connectivity index (χ4n) is 4.36. The van der Waals surface area contributed by atoms with E-state index in [2.05, 4.69) is 5.32 Å². The van der Waals surface area contributed by atoms with Crippen molar-refractivity contribution in [2.45, 2.75) is 38.1 Å². The highest BCUT2D eigenvalue weighted by Crippen LogP contribution is 2.44. The first-order valence-corrected chi connectivity index (χ1v) is 11.5. The molecule has 0 saturated carbocycles. The summed E-state index contributed by atoms with van der Waals surface area (Å²) in [4.78, 5) is 36.6. The highest BCUT2D eigenvalue weighted by molar-refractivity contribution is 5.86. The number of carboxylic acids is 1. The van der Waals surface area contributed by atoms with Gasteiger partial charge < -0.3 is 19.9 Å². The lowest BCUT2D eigenvalue weighted by molar-refractivity contribution is -0.144. The number of esters is 1. The summed E-state index contributed by atoms with van der Waals surface area (Å²) in [5, 5.41) is 11.8. The second-order valence-electron chi connectivity index (χ2n) is 8.73. The number of hydrogen-bond donors (Lipinski definition) is 2. The molecule has 2 N–H and O–H groups in total. The van der Waals surface area contributed by atoms with Gasteiger partial charge in [0, 0.05) is 5.92 Å². The number of carboxylic acid groups (broad SMARTS) is 1. The van der Waals surface area contributed by atoms with E-state index in [-0.39, 0.29) is 18.4 Å². The van der Waals surface area contributed by atoms with Crippen molar-refractivity contribution in [1.29, 1.82) is 0 Å². The molecule has 0 unspecified atom stereocenters. The van der Waals surface area contributed by atoms with E-state index in [0.29, 0.717) is 5.75 Å². The third-order valence-electron chi connectivity index (χ3n) is 6.07. The fraction of sp³-hybridized carbons (Fsp3) is 0.250. The van der Waals surface area contributed by atoms with Crippen LogP contribution in [0.15, 0.2) is 72.8 Å². The standard InChI is InChI=1S/C28H27NO6/c1-17(2)18-9-7-8-14-25(18)35-26(30)15-24(27(31)32)29-28(33)34-16-23-21-12-5-3-10-19(21)20-11-4-6-13-22(20)23/h3-14,17,23-24H,15-16H2,1-2H3,(H,29,33)(H,31,32)/t24-/m0/s1. The van der Waals surface area contributed by atoms with E-state index in [1.807, 2.05) is 74.5 Å². The molecule has 1 aliphatic carbocycles. The average Bonchev–Trinajstić information content (AvgIpc) is 3.16. The Balaban J connectivity index is 1.38. The minimum Gasteiger partial charge on any atom is -0.480 e. The van der Waals surface area contributed by atoms with Gasteiger partial charge in [0.05, 0.1) is 6.42 Å². The van der Waals surface area contributed by atoms with Crippen LogP contribution in [0.1, 0.15) is 48.8 Å². The normalized spacial score (nSPS) is 13.0. The summed E-state index contributed by atoms with van der Waals surface area (Å²) in [6.07, 6.45) is -1.44. The predicted octanol–water partition coefficient (Wildman–Crippen LogP) is 5.10. The molecule has 0 radical (unpaired) electrons. The molecule has 4 rings (SSSR count). The second kappa shape index (κ2) is 10.4. The third kappa shape index (κ3) is 5.35. The zero-order valence-electron chi connectivity index (χ0n) is 19.6. The lowest BCUT2D eigenvalue weighted by Gasteiger charge is -2.18. The number of aliphatic carboxylic acids is 1. The van der Waals surface area contributed by atoms with Gasteiger partial charge in [-0.3, -0.25) is 4.79 Å². The van der Waals surface area contributed by atoms with Gasteiger partial charge in [-0.15, -0.1) is 0 Å². The first kappa shape index (κ1) is 24.0. The van der Waals surface area contributed by atoms with Crippen LogP contribution in [0.2, 0.25) is 0 Å². The maximum atomic E-state index is 12.5. The van der Waals surface area contributed by atoms with Crippen LogP contribution in [0, 0.1) is 0 Å². The fourth-order valence-corrected chi connectivity index (χ4v) is 4.36. The molecule has 0 aromatic heterocycles. The van der Waals surface area contributed by atoms with Gasteiger partial charge in [-0.05, 0) is 39.8 Å². The Bertz CT molecular complexity index is 1210. The molecule has 0 saturated heterocycles. The van der Waals surface area contributed by atoms with Crippen molar-refractivity contribution in [3.8, 4) is 16.9 Å². The highest BCUT2D eigenvalue weighted by Gasteiger charge is 2.30.